The Morgan fingerprint density at radius 1 is 0.970 bits per heavy atom. The molecule has 0 atom stereocenters. The maximum Gasteiger partial charge on any atom is 0.416 e. The molecule has 2 heterocycles. The second-order valence-corrected chi connectivity index (χ2v) is 11.3. The fourth-order valence-corrected chi connectivity index (χ4v) is 6.82. The third-order valence-corrected chi connectivity index (χ3v) is 9.10. The molecule has 0 N–H and O–H groups in total. The number of piperidine rings is 1. The molecule has 2 aromatic carbocycles. The standard InChI is InChI=1S/C23H23F3N2O3S2/c24-23(25,26)20-8-6-19(7-9-20)21(29)28-15-16-32-22(28)11-13-27(14-12-22)33(30,31)17-10-18-4-2-1-3-5-18/h1-10,17H,11-16H2. The summed E-state index contributed by atoms with van der Waals surface area (Å²) in [4.78, 5) is 14.3. The molecule has 2 fully saturated rings. The first-order valence-corrected chi connectivity index (χ1v) is 13.0. The van der Waals surface area contributed by atoms with Crippen LogP contribution in [0.3, 0.4) is 0 Å². The average molecular weight is 497 g/mol. The SMILES string of the molecule is O=C(c1ccc(C(F)(F)F)cc1)N1CCSC12CCN(S(=O)(=O)C=Cc1ccccc1)CC2. The van der Waals surface area contributed by atoms with Gasteiger partial charge < -0.3 is 4.90 Å². The number of benzene rings is 2. The summed E-state index contributed by atoms with van der Waals surface area (Å²) in [5.41, 5.74) is 0.187. The fourth-order valence-electron chi connectivity index (χ4n) is 4.17. The molecule has 0 radical (unpaired) electrons. The molecule has 1 amide bonds. The van der Waals surface area contributed by atoms with E-state index in [0.717, 1.165) is 17.7 Å². The molecule has 2 aliphatic rings. The minimum atomic E-state index is -4.46. The van der Waals surface area contributed by atoms with Gasteiger partial charge in [-0.2, -0.15) is 17.5 Å². The van der Waals surface area contributed by atoms with Crippen LogP contribution in [0.2, 0.25) is 0 Å². The van der Waals surface area contributed by atoms with Crippen LogP contribution in [-0.4, -0.2) is 53.8 Å². The fraction of sp³-hybridized carbons (Fsp3) is 0.348. The highest BCUT2D eigenvalue weighted by Crippen LogP contribution is 2.45. The lowest BCUT2D eigenvalue weighted by Gasteiger charge is -2.43. The molecule has 4 rings (SSSR count). The number of hydrogen-bond donors (Lipinski definition) is 0. The van der Waals surface area contributed by atoms with Crippen LogP contribution in [0.15, 0.2) is 60.0 Å². The number of alkyl halides is 3. The Balaban J connectivity index is 1.44. The van der Waals surface area contributed by atoms with Crippen LogP contribution in [-0.2, 0) is 16.2 Å². The van der Waals surface area contributed by atoms with Crippen molar-refractivity contribution in [3.05, 3.63) is 76.7 Å². The number of carbonyl (C=O) groups excluding carboxylic acids is 1. The predicted octanol–water partition coefficient (Wildman–Crippen LogP) is 4.69. The van der Waals surface area contributed by atoms with Gasteiger partial charge in [0, 0.05) is 36.4 Å². The average Bonchev–Trinajstić information content (AvgIpc) is 3.20. The Morgan fingerprint density at radius 2 is 1.61 bits per heavy atom. The Kier molecular flexibility index (Phi) is 6.61. The zero-order valence-corrected chi connectivity index (χ0v) is 19.3. The number of thioether (sulfide) groups is 1. The molecule has 1 spiro atoms. The lowest BCUT2D eigenvalue weighted by molar-refractivity contribution is -0.137. The van der Waals surface area contributed by atoms with Crippen LogP contribution in [0.1, 0.15) is 34.3 Å². The van der Waals surface area contributed by atoms with E-state index in [-0.39, 0.29) is 24.6 Å². The number of halogens is 3. The van der Waals surface area contributed by atoms with Gasteiger partial charge in [0.05, 0.1) is 10.4 Å². The van der Waals surface area contributed by atoms with Gasteiger partial charge in [-0.15, -0.1) is 11.8 Å². The number of carbonyl (C=O) groups is 1. The minimum absolute atomic E-state index is 0.200. The lowest BCUT2D eigenvalue weighted by Crippen LogP contribution is -2.53. The summed E-state index contributed by atoms with van der Waals surface area (Å²) in [5.74, 6) is 0.376. The molecular formula is C23H23F3N2O3S2. The van der Waals surface area contributed by atoms with Crippen molar-refractivity contribution in [2.75, 3.05) is 25.4 Å². The third kappa shape index (κ3) is 5.12. The van der Waals surface area contributed by atoms with Gasteiger partial charge in [0.1, 0.15) is 0 Å². The Bertz CT molecular complexity index is 1130. The molecular weight excluding hydrogens is 473 g/mol. The summed E-state index contributed by atoms with van der Waals surface area (Å²) in [6.07, 6.45) is -1.98. The Morgan fingerprint density at radius 3 is 2.21 bits per heavy atom. The monoisotopic (exact) mass is 496 g/mol. The van der Waals surface area contributed by atoms with E-state index < -0.39 is 26.6 Å². The van der Waals surface area contributed by atoms with Gasteiger partial charge in [-0.3, -0.25) is 4.79 Å². The molecule has 2 aliphatic heterocycles. The van der Waals surface area contributed by atoms with Gasteiger partial charge in [0.25, 0.3) is 5.91 Å². The van der Waals surface area contributed by atoms with Gasteiger partial charge >= 0.3 is 6.18 Å². The second kappa shape index (κ2) is 9.15. The summed E-state index contributed by atoms with van der Waals surface area (Å²) in [6.45, 7) is 1.02. The number of hydrogen-bond acceptors (Lipinski definition) is 4. The second-order valence-electron chi connectivity index (χ2n) is 7.98. The van der Waals surface area contributed by atoms with Gasteiger partial charge in [0.2, 0.25) is 10.0 Å². The minimum Gasteiger partial charge on any atom is -0.323 e. The van der Waals surface area contributed by atoms with Gasteiger partial charge in [-0.25, -0.2) is 8.42 Å². The molecule has 0 bridgehead atoms. The first-order chi connectivity index (χ1) is 15.6. The van der Waals surface area contributed by atoms with Crippen molar-refractivity contribution < 1.29 is 26.4 Å². The van der Waals surface area contributed by atoms with E-state index in [1.165, 1.54) is 21.8 Å². The molecule has 33 heavy (non-hydrogen) atoms. The van der Waals surface area contributed by atoms with Crippen molar-refractivity contribution in [3.8, 4) is 0 Å². The summed E-state index contributed by atoms with van der Waals surface area (Å²) < 4.78 is 65.5. The lowest BCUT2D eigenvalue weighted by atomic mass is 10.0. The van der Waals surface area contributed by atoms with Gasteiger partial charge in [-0.1, -0.05) is 30.3 Å². The maximum atomic E-state index is 13.1. The first kappa shape index (κ1) is 23.8. The normalized spacial score (nSPS) is 19.4. The molecule has 0 saturated carbocycles. The smallest absolute Gasteiger partial charge is 0.323 e. The summed E-state index contributed by atoms with van der Waals surface area (Å²) in [7, 11) is -3.60. The van der Waals surface area contributed by atoms with Crippen LogP contribution in [0, 0.1) is 0 Å². The molecule has 10 heteroatoms. The predicted molar refractivity (Wildman–Crippen MR) is 123 cm³/mol. The van der Waals surface area contributed by atoms with Crippen LogP contribution in [0.4, 0.5) is 13.2 Å². The quantitative estimate of drug-likeness (QED) is 0.617. The van der Waals surface area contributed by atoms with Crippen molar-refractivity contribution in [2.24, 2.45) is 0 Å². The van der Waals surface area contributed by atoms with Crippen LogP contribution >= 0.6 is 11.8 Å². The molecule has 0 aliphatic carbocycles. The summed E-state index contributed by atoms with van der Waals surface area (Å²) >= 11 is 1.61. The number of sulfonamides is 1. The summed E-state index contributed by atoms with van der Waals surface area (Å²) in [5, 5.41) is 1.20. The highest BCUT2D eigenvalue weighted by molar-refractivity contribution is 8.00. The van der Waals surface area contributed by atoms with E-state index in [1.807, 2.05) is 30.3 Å². The number of rotatable bonds is 4. The zero-order chi connectivity index (χ0) is 23.7. The molecule has 0 aromatic heterocycles. The van der Waals surface area contributed by atoms with E-state index in [1.54, 1.807) is 22.7 Å². The topological polar surface area (TPSA) is 57.7 Å². The molecule has 5 nitrogen and oxygen atoms in total. The number of nitrogens with zero attached hydrogens (tertiary/aromatic N) is 2. The first-order valence-electron chi connectivity index (χ1n) is 10.5. The van der Waals surface area contributed by atoms with Gasteiger partial charge in [0.15, 0.2) is 0 Å². The molecule has 2 saturated heterocycles. The van der Waals surface area contributed by atoms with Crippen molar-refractivity contribution in [2.45, 2.75) is 23.9 Å². The molecule has 0 unspecified atom stereocenters. The van der Waals surface area contributed by atoms with E-state index in [4.69, 9.17) is 0 Å². The van der Waals surface area contributed by atoms with E-state index in [0.29, 0.717) is 25.1 Å². The van der Waals surface area contributed by atoms with Crippen molar-refractivity contribution in [3.63, 3.8) is 0 Å². The number of amides is 1. The highest BCUT2D eigenvalue weighted by atomic mass is 32.2. The molecule has 176 valence electrons. The highest BCUT2D eigenvalue weighted by Gasteiger charge is 2.47. The van der Waals surface area contributed by atoms with Gasteiger partial charge in [-0.05, 0) is 48.7 Å². The Labute approximate surface area is 195 Å². The third-order valence-electron chi connectivity index (χ3n) is 5.98. The van der Waals surface area contributed by atoms with E-state index in [2.05, 4.69) is 0 Å². The molecule has 2 aromatic rings. The van der Waals surface area contributed by atoms with Crippen molar-refractivity contribution >= 4 is 33.8 Å². The van der Waals surface area contributed by atoms with Crippen molar-refractivity contribution in [1.29, 1.82) is 0 Å². The zero-order valence-electron chi connectivity index (χ0n) is 17.7. The van der Waals surface area contributed by atoms with Crippen LogP contribution in [0.25, 0.3) is 6.08 Å². The van der Waals surface area contributed by atoms with Crippen molar-refractivity contribution in [1.82, 2.24) is 9.21 Å². The van der Waals surface area contributed by atoms with E-state index in [9.17, 15) is 26.4 Å². The summed E-state index contributed by atoms with van der Waals surface area (Å²) in [6, 6.07) is 13.4. The largest absolute Gasteiger partial charge is 0.416 e. The Hall–Kier alpha value is -2.30. The van der Waals surface area contributed by atoms with E-state index >= 15 is 0 Å². The maximum absolute atomic E-state index is 13.1. The van der Waals surface area contributed by atoms with Crippen LogP contribution < -0.4 is 0 Å². The van der Waals surface area contributed by atoms with Crippen LogP contribution in [0.5, 0.6) is 0 Å².